The van der Waals surface area contributed by atoms with E-state index < -0.39 is 0 Å². The number of aromatic nitrogens is 2. The molecule has 4 aromatic carbocycles. The lowest BCUT2D eigenvalue weighted by Crippen LogP contribution is -2.46. The van der Waals surface area contributed by atoms with Gasteiger partial charge in [-0.15, -0.1) is 0 Å². The lowest BCUT2D eigenvalue weighted by Gasteiger charge is -2.40. The molecule has 0 aliphatic carbocycles. The third-order valence-electron chi connectivity index (χ3n) is 8.68. The van der Waals surface area contributed by atoms with Crippen LogP contribution in [-0.4, -0.2) is 42.8 Å². The predicted octanol–water partition coefficient (Wildman–Crippen LogP) is 8.34. The molecule has 7 rings (SSSR count). The molecule has 0 unspecified atom stereocenters. The summed E-state index contributed by atoms with van der Waals surface area (Å²) in [4.78, 5) is 12.7. The number of aryl methyl sites for hydroxylation is 2. The normalized spacial score (nSPS) is 14.7. The summed E-state index contributed by atoms with van der Waals surface area (Å²) in [6, 6.07) is 30.5. The number of amidine groups is 2. The Labute approximate surface area is 275 Å². The molecule has 5 aromatic rings. The van der Waals surface area contributed by atoms with E-state index in [1.807, 2.05) is 72.3 Å². The lowest BCUT2D eigenvalue weighted by molar-refractivity contribution is 0.323. The van der Waals surface area contributed by atoms with Gasteiger partial charge in [0.2, 0.25) is 5.75 Å². The molecule has 47 heavy (non-hydrogen) atoms. The van der Waals surface area contributed by atoms with E-state index in [-0.39, 0.29) is 6.04 Å². The third kappa shape index (κ3) is 5.37. The summed E-state index contributed by atoms with van der Waals surface area (Å²) in [6.07, 6.45) is 3.40. The first-order chi connectivity index (χ1) is 23.0. The second-order valence-corrected chi connectivity index (χ2v) is 11.6. The van der Waals surface area contributed by atoms with Gasteiger partial charge in [0, 0.05) is 11.3 Å². The van der Waals surface area contributed by atoms with Crippen LogP contribution >= 0.6 is 0 Å². The quantitative estimate of drug-likeness (QED) is 0.177. The minimum atomic E-state index is -0.353. The molecule has 0 amide bonds. The maximum atomic E-state index is 5.83. The fourth-order valence-electron chi connectivity index (χ4n) is 6.39. The van der Waals surface area contributed by atoms with E-state index in [1.165, 1.54) is 18.4 Å². The number of aliphatic imine (C=N–C) groups is 2. The standard InChI is InChI=1S/C38H38N6O3/c1-6-7-13-25-18-20-27(21-19-25)39-36-38-41-37-33(24(2)42-44(37)28-14-9-8-10-15-28)34(43(38)30-17-12-11-16-29(30)40-36)26-22-31(45-3)35(47-5)32(23-26)46-4/h8-12,14-23,34H,6-7,13H2,1-5H3,(H,39,40)/t34-/m1/s1. The fourth-order valence-corrected chi connectivity index (χ4v) is 6.39. The van der Waals surface area contributed by atoms with Crippen LogP contribution in [0.3, 0.4) is 0 Å². The van der Waals surface area contributed by atoms with Crippen molar-refractivity contribution in [3.05, 3.63) is 113 Å². The topological polar surface area (TPSA) is 85.5 Å². The minimum absolute atomic E-state index is 0.353. The summed E-state index contributed by atoms with van der Waals surface area (Å²) >= 11 is 0. The molecule has 0 saturated carbocycles. The Kier molecular flexibility index (Phi) is 8.12. The maximum absolute atomic E-state index is 5.83. The highest BCUT2D eigenvalue weighted by atomic mass is 16.5. The number of para-hydroxylation sites is 3. The number of ether oxygens (including phenoxy) is 3. The average molecular weight is 627 g/mol. The van der Waals surface area contributed by atoms with E-state index >= 15 is 0 Å². The number of hydrogen-bond acceptors (Lipinski definition) is 8. The average Bonchev–Trinajstić information content (AvgIpc) is 3.45. The number of nitrogens with one attached hydrogen (secondary N) is 1. The zero-order valence-corrected chi connectivity index (χ0v) is 27.3. The number of benzene rings is 4. The van der Waals surface area contributed by atoms with Crippen LogP contribution < -0.4 is 24.4 Å². The Bertz CT molecular complexity index is 1960. The summed E-state index contributed by atoms with van der Waals surface area (Å²) in [5, 5.41) is 8.66. The van der Waals surface area contributed by atoms with Crippen LogP contribution in [0.1, 0.15) is 48.2 Å². The van der Waals surface area contributed by atoms with Gasteiger partial charge in [-0.3, -0.25) is 0 Å². The Morgan fingerprint density at radius 2 is 1.51 bits per heavy atom. The van der Waals surface area contributed by atoms with Gasteiger partial charge in [0.05, 0.1) is 50.1 Å². The molecule has 0 spiro atoms. The van der Waals surface area contributed by atoms with E-state index in [0.717, 1.165) is 51.8 Å². The fraction of sp³-hybridized carbons (Fsp3) is 0.237. The molecule has 1 aromatic heterocycles. The number of methoxy groups -OCH3 is 3. The highest BCUT2D eigenvalue weighted by Crippen LogP contribution is 2.50. The number of fused-ring (bicyclic) bond motifs is 4. The maximum Gasteiger partial charge on any atom is 0.203 e. The van der Waals surface area contributed by atoms with Gasteiger partial charge >= 0.3 is 0 Å². The van der Waals surface area contributed by atoms with E-state index in [1.54, 1.807) is 21.3 Å². The van der Waals surface area contributed by atoms with Gasteiger partial charge in [-0.2, -0.15) is 5.10 Å². The lowest BCUT2D eigenvalue weighted by atomic mass is 9.92. The van der Waals surface area contributed by atoms with Crippen molar-refractivity contribution >= 4 is 34.6 Å². The van der Waals surface area contributed by atoms with Gasteiger partial charge in [0.25, 0.3) is 0 Å². The summed E-state index contributed by atoms with van der Waals surface area (Å²) in [6.45, 7) is 4.25. The van der Waals surface area contributed by atoms with Crippen molar-refractivity contribution in [1.29, 1.82) is 0 Å². The Balaban J connectivity index is 1.45. The molecular weight excluding hydrogens is 588 g/mol. The molecule has 3 heterocycles. The molecular formula is C38H38N6O3. The number of unbranched alkanes of at least 4 members (excludes halogenated alkanes) is 1. The van der Waals surface area contributed by atoms with Crippen LogP contribution in [0.25, 0.3) is 5.69 Å². The van der Waals surface area contributed by atoms with Crippen LogP contribution in [0, 0.1) is 6.92 Å². The smallest absolute Gasteiger partial charge is 0.203 e. The molecule has 0 radical (unpaired) electrons. The van der Waals surface area contributed by atoms with Gasteiger partial charge in [-0.05, 0) is 79.4 Å². The molecule has 9 nitrogen and oxygen atoms in total. The van der Waals surface area contributed by atoms with E-state index in [0.29, 0.717) is 28.9 Å². The third-order valence-corrected chi connectivity index (χ3v) is 8.68. The summed E-state index contributed by atoms with van der Waals surface area (Å²) in [5.41, 5.74) is 7.72. The predicted molar refractivity (Wildman–Crippen MR) is 188 cm³/mol. The first-order valence-corrected chi connectivity index (χ1v) is 15.9. The molecule has 0 bridgehead atoms. The summed E-state index contributed by atoms with van der Waals surface area (Å²) < 4.78 is 19.3. The Hall–Kier alpha value is -5.57. The summed E-state index contributed by atoms with van der Waals surface area (Å²) in [7, 11) is 4.89. The minimum Gasteiger partial charge on any atom is -0.493 e. The van der Waals surface area contributed by atoms with Gasteiger partial charge in [-0.1, -0.05) is 55.8 Å². The van der Waals surface area contributed by atoms with E-state index in [2.05, 4.69) is 47.5 Å². The van der Waals surface area contributed by atoms with Crippen LogP contribution in [0.15, 0.2) is 101 Å². The highest BCUT2D eigenvalue weighted by molar-refractivity contribution is 6.51. The first-order valence-electron chi connectivity index (χ1n) is 15.9. The van der Waals surface area contributed by atoms with Crippen molar-refractivity contribution in [2.45, 2.75) is 39.2 Å². The largest absolute Gasteiger partial charge is 0.493 e. The van der Waals surface area contributed by atoms with Gasteiger partial charge in [0.15, 0.2) is 29.0 Å². The Morgan fingerprint density at radius 3 is 2.19 bits per heavy atom. The zero-order valence-electron chi connectivity index (χ0n) is 27.3. The second kappa shape index (κ2) is 12.7. The van der Waals surface area contributed by atoms with Crippen molar-refractivity contribution in [1.82, 2.24) is 9.78 Å². The summed E-state index contributed by atoms with van der Waals surface area (Å²) in [5.74, 6) is 3.74. The van der Waals surface area contributed by atoms with Crippen molar-refractivity contribution in [2.24, 2.45) is 9.98 Å². The van der Waals surface area contributed by atoms with Crippen LogP contribution in [0.4, 0.5) is 22.9 Å². The van der Waals surface area contributed by atoms with Crippen molar-refractivity contribution < 1.29 is 14.2 Å². The van der Waals surface area contributed by atoms with Gasteiger partial charge < -0.3 is 24.4 Å². The zero-order chi connectivity index (χ0) is 32.5. The van der Waals surface area contributed by atoms with E-state index in [9.17, 15) is 0 Å². The number of rotatable bonds is 9. The van der Waals surface area contributed by atoms with Crippen molar-refractivity contribution in [2.75, 3.05) is 31.5 Å². The number of nitrogens with zero attached hydrogens (tertiary/aromatic N) is 5. The highest BCUT2D eigenvalue weighted by Gasteiger charge is 2.42. The molecule has 1 atom stereocenters. The molecule has 238 valence electrons. The van der Waals surface area contributed by atoms with Crippen LogP contribution in [0.2, 0.25) is 0 Å². The number of anilines is 2. The van der Waals surface area contributed by atoms with Gasteiger partial charge in [-0.25, -0.2) is 14.7 Å². The number of hydrogen-bond donors (Lipinski definition) is 1. The van der Waals surface area contributed by atoms with Crippen LogP contribution in [0.5, 0.6) is 17.2 Å². The van der Waals surface area contributed by atoms with E-state index in [4.69, 9.17) is 29.3 Å². The van der Waals surface area contributed by atoms with Gasteiger partial charge in [0.1, 0.15) is 0 Å². The van der Waals surface area contributed by atoms with Crippen molar-refractivity contribution in [3.8, 4) is 22.9 Å². The molecule has 2 aliphatic rings. The molecule has 9 heteroatoms. The van der Waals surface area contributed by atoms with Crippen LogP contribution in [-0.2, 0) is 6.42 Å². The monoisotopic (exact) mass is 626 g/mol. The SMILES string of the molecule is CCCCc1ccc(NC2=Nc3ccccc3N3C2=Nc2c(c(C)nn2-c2ccccc2)[C@H]3c2cc(OC)c(OC)c(OC)c2)cc1. The molecule has 0 saturated heterocycles. The molecule has 0 fully saturated rings. The second-order valence-electron chi connectivity index (χ2n) is 11.6. The first kappa shape index (κ1) is 30.1. The molecule has 2 aliphatic heterocycles. The Morgan fingerprint density at radius 1 is 0.809 bits per heavy atom. The molecule has 1 N–H and O–H groups in total. The van der Waals surface area contributed by atoms with Crippen molar-refractivity contribution in [3.63, 3.8) is 0 Å².